The number of aliphatic carboxylic acids is 1. The topological polar surface area (TPSA) is 99.6 Å². The molecule has 32 heavy (non-hydrogen) atoms. The lowest BCUT2D eigenvalue weighted by molar-refractivity contribution is -0.192. The first-order valence-electron chi connectivity index (χ1n) is 9.98. The Balaban J connectivity index is 0.000000360. The predicted octanol–water partition coefficient (Wildman–Crippen LogP) is 2.85. The van der Waals surface area contributed by atoms with Gasteiger partial charge in [-0.3, -0.25) is 14.6 Å². The molecule has 1 unspecified atom stereocenters. The number of hydrogen-bond donors (Lipinski definition) is 2. The van der Waals surface area contributed by atoms with Gasteiger partial charge in [-0.2, -0.15) is 13.2 Å². The third kappa shape index (κ3) is 4.90. The van der Waals surface area contributed by atoms with Gasteiger partial charge in [0.25, 0.3) is 5.91 Å². The van der Waals surface area contributed by atoms with Crippen molar-refractivity contribution in [2.75, 3.05) is 19.6 Å². The van der Waals surface area contributed by atoms with Crippen LogP contribution in [0, 0.1) is 5.41 Å². The lowest BCUT2D eigenvalue weighted by atomic mass is 9.68. The summed E-state index contributed by atoms with van der Waals surface area (Å²) >= 11 is 0. The number of rotatable bonds is 2. The quantitative estimate of drug-likeness (QED) is 0.735. The Kier molecular flexibility index (Phi) is 6.81. The van der Waals surface area contributed by atoms with Crippen molar-refractivity contribution in [2.45, 2.75) is 24.9 Å². The normalized spacial score (nSPS) is 19.7. The number of alkyl halides is 3. The number of aromatic nitrogens is 1. The number of amides is 2. The third-order valence-electron chi connectivity index (χ3n) is 5.90. The fraction of sp³-hybridized carbons (Fsp3) is 0.364. The molecule has 2 amide bonds. The van der Waals surface area contributed by atoms with E-state index >= 15 is 0 Å². The van der Waals surface area contributed by atoms with E-state index in [2.05, 4.69) is 22.4 Å². The summed E-state index contributed by atoms with van der Waals surface area (Å²) in [6.45, 7) is 1.90. The number of hydrogen-bond acceptors (Lipinski definition) is 4. The van der Waals surface area contributed by atoms with Crippen LogP contribution < -0.4 is 5.32 Å². The molecule has 2 fully saturated rings. The summed E-state index contributed by atoms with van der Waals surface area (Å²) < 4.78 is 31.7. The molecule has 0 aliphatic carbocycles. The highest BCUT2D eigenvalue weighted by Crippen LogP contribution is 2.47. The molecule has 1 atom stereocenters. The standard InChI is InChI=1S/C20H21N3O2.C2HF3O2/c24-18(16-6-10-21-11-7-16)23-12-8-20(9-13-23)17(14-22-19(20)25)15-4-2-1-3-5-15;3-2(4,5)1(6)7/h1-7,10-11,17H,8-9,12-14H2,(H,22,25);(H,6,7). The van der Waals surface area contributed by atoms with Crippen LogP contribution in [0.5, 0.6) is 0 Å². The monoisotopic (exact) mass is 449 g/mol. The van der Waals surface area contributed by atoms with Crippen LogP contribution in [0.25, 0.3) is 0 Å². The maximum Gasteiger partial charge on any atom is 0.490 e. The fourth-order valence-corrected chi connectivity index (χ4v) is 4.21. The Morgan fingerprint density at radius 3 is 2.16 bits per heavy atom. The van der Waals surface area contributed by atoms with Crippen molar-refractivity contribution in [3.63, 3.8) is 0 Å². The van der Waals surface area contributed by atoms with Crippen LogP contribution in [-0.2, 0) is 9.59 Å². The first-order valence-corrected chi connectivity index (χ1v) is 9.98. The molecular formula is C22H22F3N3O4. The molecule has 10 heteroatoms. The van der Waals surface area contributed by atoms with E-state index in [9.17, 15) is 22.8 Å². The van der Waals surface area contributed by atoms with Crippen LogP contribution in [0.3, 0.4) is 0 Å². The third-order valence-corrected chi connectivity index (χ3v) is 5.90. The first kappa shape index (κ1) is 23.2. The van der Waals surface area contributed by atoms with Gasteiger partial charge in [0.15, 0.2) is 0 Å². The van der Waals surface area contributed by atoms with Gasteiger partial charge < -0.3 is 15.3 Å². The summed E-state index contributed by atoms with van der Waals surface area (Å²) in [5, 5.41) is 10.2. The fourth-order valence-electron chi connectivity index (χ4n) is 4.21. The zero-order chi connectivity index (χ0) is 23.4. The second-order valence-corrected chi connectivity index (χ2v) is 7.66. The molecule has 1 aromatic heterocycles. The van der Waals surface area contributed by atoms with Crippen molar-refractivity contribution in [3.8, 4) is 0 Å². The minimum atomic E-state index is -5.08. The lowest BCUT2D eigenvalue weighted by Gasteiger charge is -2.41. The number of nitrogens with zero attached hydrogens (tertiary/aromatic N) is 2. The zero-order valence-corrected chi connectivity index (χ0v) is 17.0. The molecule has 2 aromatic rings. The van der Waals surface area contributed by atoms with Gasteiger partial charge in [-0.1, -0.05) is 30.3 Å². The van der Waals surface area contributed by atoms with Crippen molar-refractivity contribution in [3.05, 3.63) is 66.0 Å². The minimum absolute atomic E-state index is 0.0203. The van der Waals surface area contributed by atoms with E-state index in [1.165, 1.54) is 5.56 Å². The first-order chi connectivity index (χ1) is 15.1. The molecule has 2 N–H and O–H groups in total. The van der Waals surface area contributed by atoms with E-state index in [0.29, 0.717) is 38.0 Å². The number of pyridine rings is 1. The van der Waals surface area contributed by atoms with Crippen molar-refractivity contribution < 1.29 is 32.7 Å². The molecule has 170 valence electrons. The molecule has 0 saturated carbocycles. The Hall–Kier alpha value is -3.43. The summed E-state index contributed by atoms with van der Waals surface area (Å²) in [7, 11) is 0. The number of benzene rings is 1. The Labute approximate surface area is 182 Å². The maximum absolute atomic E-state index is 12.7. The number of carboxylic acid groups (broad SMARTS) is 1. The summed E-state index contributed by atoms with van der Waals surface area (Å²) in [6.07, 6.45) is -0.409. The van der Waals surface area contributed by atoms with E-state index in [0.717, 1.165) is 0 Å². The highest BCUT2D eigenvalue weighted by Gasteiger charge is 2.52. The summed E-state index contributed by atoms with van der Waals surface area (Å²) in [6, 6.07) is 13.7. The molecule has 1 spiro atoms. The number of halogens is 3. The van der Waals surface area contributed by atoms with Crippen molar-refractivity contribution in [2.24, 2.45) is 5.41 Å². The van der Waals surface area contributed by atoms with Gasteiger partial charge in [-0.05, 0) is 30.5 Å². The van der Waals surface area contributed by atoms with Crippen LogP contribution >= 0.6 is 0 Å². The number of carbonyl (C=O) groups is 3. The molecule has 2 aliphatic heterocycles. The second kappa shape index (κ2) is 9.37. The molecule has 0 radical (unpaired) electrons. The van der Waals surface area contributed by atoms with E-state index in [1.807, 2.05) is 23.1 Å². The van der Waals surface area contributed by atoms with Gasteiger partial charge >= 0.3 is 12.1 Å². The van der Waals surface area contributed by atoms with Crippen molar-refractivity contribution in [1.29, 1.82) is 0 Å². The van der Waals surface area contributed by atoms with E-state index < -0.39 is 17.6 Å². The lowest BCUT2D eigenvalue weighted by Crippen LogP contribution is -2.47. The molecular weight excluding hydrogens is 427 g/mol. The number of likely N-dealkylation sites (tertiary alicyclic amines) is 1. The summed E-state index contributed by atoms with van der Waals surface area (Å²) in [5.74, 6) is -2.42. The number of piperidine rings is 1. The smallest absolute Gasteiger partial charge is 0.475 e. The molecule has 1 aromatic carbocycles. The van der Waals surface area contributed by atoms with Gasteiger partial charge in [0.05, 0.1) is 5.41 Å². The SMILES string of the molecule is O=C(O)C(F)(F)F.O=C(c1ccncc1)N1CCC2(CC1)C(=O)NCC2c1ccccc1. The van der Waals surface area contributed by atoms with Crippen LogP contribution in [0.1, 0.15) is 34.7 Å². The van der Waals surface area contributed by atoms with Gasteiger partial charge in [0.2, 0.25) is 5.91 Å². The Morgan fingerprint density at radius 2 is 1.62 bits per heavy atom. The Morgan fingerprint density at radius 1 is 1.06 bits per heavy atom. The average Bonchev–Trinajstić information content (AvgIpc) is 3.10. The van der Waals surface area contributed by atoms with Gasteiger partial charge in [0, 0.05) is 43.5 Å². The minimum Gasteiger partial charge on any atom is -0.475 e. The zero-order valence-electron chi connectivity index (χ0n) is 17.0. The highest BCUT2D eigenvalue weighted by molar-refractivity contribution is 5.94. The molecule has 2 aliphatic rings. The molecule has 3 heterocycles. The van der Waals surface area contributed by atoms with Crippen molar-refractivity contribution in [1.82, 2.24) is 15.2 Å². The number of carboxylic acids is 1. The van der Waals surface area contributed by atoms with E-state index in [1.54, 1.807) is 24.5 Å². The average molecular weight is 449 g/mol. The largest absolute Gasteiger partial charge is 0.490 e. The van der Waals surface area contributed by atoms with E-state index in [4.69, 9.17) is 9.90 Å². The highest BCUT2D eigenvalue weighted by atomic mass is 19.4. The molecule has 0 bridgehead atoms. The van der Waals surface area contributed by atoms with Gasteiger partial charge in [-0.15, -0.1) is 0 Å². The summed E-state index contributed by atoms with van der Waals surface area (Å²) in [5.41, 5.74) is 1.47. The van der Waals surface area contributed by atoms with Crippen molar-refractivity contribution >= 4 is 17.8 Å². The van der Waals surface area contributed by atoms with Gasteiger partial charge in [0.1, 0.15) is 0 Å². The number of carbonyl (C=O) groups excluding carboxylic acids is 2. The van der Waals surface area contributed by atoms with Crippen LogP contribution in [0.4, 0.5) is 13.2 Å². The van der Waals surface area contributed by atoms with Gasteiger partial charge in [-0.25, -0.2) is 4.79 Å². The Bertz CT molecular complexity index is 959. The predicted molar refractivity (Wildman–Crippen MR) is 108 cm³/mol. The van der Waals surface area contributed by atoms with Crippen LogP contribution in [-0.4, -0.2) is 58.6 Å². The van der Waals surface area contributed by atoms with Crippen LogP contribution in [0.2, 0.25) is 0 Å². The second-order valence-electron chi connectivity index (χ2n) is 7.66. The van der Waals surface area contributed by atoms with E-state index in [-0.39, 0.29) is 17.7 Å². The molecule has 2 saturated heterocycles. The maximum atomic E-state index is 12.7. The number of nitrogens with one attached hydrogen (secondary N) is 1. The molecule has 4 rings (SSSR count). The van der Waals surface area contributed by atoms with Crippen LogP contribution in [0.15, 0.2) is 54.9 Å². The summed E-state index contributed by atoms with van der Waals surface area (Å²) in [4.78, 5) is 40.0. The molecule has 7 nitrogen and oxygen atoms in total.